The van der Waals surface area contributed by atoms with E-state index < -0.39 is 0 Å². The van der Waals surface area contributed by atoms with E-state index in [9.17, 15) is 0 Å². The maximum absolute atomic E-state index is 4.79. The minimum absolute atomic E-state index is 0.365. The quantitative estimate of drug-likeness (QED) is 0.165. The first kappa shape index (κ1) is 20.0. The van der Waals surface area contributed by atoms with E-state index >= 15 is 0 Å². The predicted octanol–water partition coefficient (Wildman–Crippen LogP) is 9.48. The second-order valence-electron chi connectivity index (χ2n) is 11.0. The Labute approximate surface area is 225 Å². The highest BCUT2D eigenvalue weighted by atomic mass is 14.7. The number of rotatable bonds is 1. The molecule has 0 bridgehead atoms. The molecule has 178 valence electrons. The molecular weight excluding hydrogens is 470 g/mol. The van der Waals surface area contributed by atoms with Crippen LogP contribution in [0.25, 0.3) is 65.5 Å². The van der Waals surface area contributed by atoms with E-state index in [2.05, 4.69) is 115 Å². The number of nitrogens with zero attached hydrogens (tertiary/aromatic N) is 1. The van der Waals surface area contributed by atoms with Crippen molar-refractivity contribution in [3.8, 4) is 22.4 Å². The average molecular weight is 492 g/mol. The van der Waals surface area contributed by atoms with Crippen molar-refractivity contribution < 1.29 is 0 Å². The zero-order valence-electron chi connectivity index (χ0n) is 21.1. The van der Waals surface area contributed by atoms with Crippen LogP contribution in [0.15, 0.2) is 128 Å². The van der Waals surface area contributed by atoms with E-state index in [1.54, 1.807) is 0 Å². The molecule has 0 N–H and O–H groups in total. The smallest absolute Gasteiger partial charge is 0.0726 e. The van der Waals surface area contributed by atoms with Gasteiger partial charge in [-0.25, -0.2) is 0 Å². The van der Waals surface area contributed by atoms with Crippen molar-refractivity contribution in [3.63, 3.8) is 0 Å². The Morgan fingerprint density at radius 1 is 0.410 bits per heavy atom. The van der Waals surface area contributed by atoms with E-state index in [0.29, 0.717) is 0 Å². The molecule has 0 saturated heterocycles. The number of hydrogen-bond acceptors (Lipinski definition) is 1. The van der Waals surface area contributed by atoms with Crippen LogP contribution < -0.4 is 0 Å². The van der Waals surface area contributed by atoms with Crippen LogP contribution in [0, 0.1) is 0 Å². The van der Waals surface area contributed by atoms with Gasteiger partial charge in [-0.05, 0) is 88.6 Å². The standard InChI is InChI=1S/C38H21N/c1-2-13-28-26(9-1)35-27(32-16-3-4-21-39-32)12-7-14-29(35)38(28)30-15-6-11-25-24-10-5-8-22-17-18-23-19-20-31(38)37(36(25)30)34(23)33(22)24/h1-21H. The Kier molecular flexibility index (Phi) is 3.44. The van der Waals surface area contributed by atoms with Gasteiger partial charge in [-0.3, -0.25) is 4.98 Å². The van der Waals surface area contributed by atoms with E-state index in [1.807, 2.05) is 12.3 Å². The summed E-state index contributed by atoms with van der Waals surface area (Å²) in [6, 6.07) is 45.2. The van der Waals surface area contributed by atoms with Crippen LogP contribution >= 0.6 is 0 Å². The first-order chi connectivity index (χ1) is 19.4. The fourth-order valence-electron chi connectivity index (χ4n) is 8.14. The summed E-state index contributed by atoms with van der Waals surface area (Å²) >= 11 is 0. The van der Waals surface area contributed by atoms with E-state index in [4.69, 9.17) is 4.98 Å². The van der Waals surface area contributed by atoms with Crippen LogP contribution in [0.2, 0.25) is 0 Å². The van der Waals surface area contributed by atoms with Crippen molar-refractivity contribution in [3.05, 3.63) is 150 Å². The SMILES string of the molecule is c1ccc(-c2cccc3c2-c2ccccc2C32c3cccc4c5cccc6ccc7ccc2c(c34)c7c65)nc1. The summed E-state index contributed by atoms with van der Waals surface area (Å²) in [5.74, 6) is 0. The molecule has 2 aliphatic rings. The Morgan fingerprint density at radius 3 is 1.97 bits per heavy atom. The molecule has 0 radical (unpaired) electrons. The molecule has 0 amide bonds. The van der Waals surface area contributed by atoms with Crippen molar-refractivity contribution >= 4 is 43.1 Å². The molecule has 0 saturated carbocycles. The van der Waals surface area contributed by atoms with Gasteiger partial charge in [0.1, 0.15) is 0 Å². The van der Waals surface area contributed by atoms with Crippen LogP contribution in [0.3, 0.4) is 0 Å². The molecule has 1 heteroatoms. The van der Waals surface area contributed by atoms with Gasteiger partial charge < -0.3 is 0 Å². The minimum Gasteiger partial charge on any atom is -0.256 e. The third-order valence-electron chi connectivity index (χ3n) is 9.45. The molecule has 1 heterocycles. The normalized spacial score (nSPS) is 16.8. The summed E-state index contributed by atoms with van der Waals surface area (Å²) < 4.78 is 0. The largest absolute Gasteiger partial charge is 0.256 e. The van der Waals surface area contributed by atoms with Crippen LogP contribution in [0.4, 0.5) is 0 Å². The molecule has 1 atom stereocenters. The van der Waals surface area contributed by atoms with Crippen molar-refractivity contribution in [1.82, 2.24) is 4.98 Å². The molecule has 10 rings (SSSR count). The van der Waals surface area contributed by atoms with Crippen LogP contribution in [-0.2, 0) is 5.41 Å². The predicted molar refractivity (Wildman–Crippen MR) is 162 cm³/mol. The van der Waals surface area contributed by atoms with Crippen molar-refractivity contribution in [2.24, 2.45) is 0 Å². The van der Waals surface area contributed by atoms with E-state index in [-0.39, 0.29) is 5.41 Å². The number of aromatic nitrogens is 1. The second kappa shape index (κ2) is 6.70. The molecule has 1 spiro atoms. The second-order valence-corrected chi connectivity index (χ2v) is 11.0. The van der Waals surface area contributed by atoms with Crippen molar-refractivity contribution in [1.29, 1.82) is 0 Å². The Hall–Kier alpha value is -5.01. The Balaban J connectivity index is 1.48. The van der Waals surface area contributed by atoms with Crippen molar-refractivity contribution in [2.45, 2.75) is 5.41 Å². The summed E-state index contributed by atoms with van der Waals surface area (Å²) in [4.78, 5) is 4.79. The minimum atomic E-state index is -0.365. The van der Waals surface area contributed by atoms with Gasteiger partial charge in [0.15, 0.2) is 0 Å². The number of hydrogen-bond donors (Lipinski definition) is 0. The monoisotopic (exact) mass is 491 g/mol. The van der Waals surface area contributed by atoms with Crippen LogP contribution in [0.1, 0.15) is 22.3 Å². The molecule has 7 aromatic carbocycles. The Bertz CT molecular complexity index is 2330. The highest BCUT2D eigenvalue weighted by Crippen LogP contribution is 2.64. The molecule has 1 unspecified atom stereocenters. The maximum Gasteiger partial charge on any atom is 0.0726 e. The van der Waals surface area contributed by atoms with E-state index in [1.165, 1.54) is 82.0 Å². The fraction of sp³-hybridized carbons (Fsp3) is 0.0263. The molecule has 39 heavy (non-hydrogen) atoms. The third-order valence-corrected chi connectivity index (χ3v) is 9.45. The fourth-order valence-corrected chi connectivity index (χ4v) is 8.14. The molecule has 1 nitrogen and oxygen atoms in total. The van der Waals surface area contributed by atoms with Gasteiger partial charge in [0.25, 0.3) is 0 Å². The van der Waals surface area contributed by atoms with Gasteiger partial charge >= 0.3 is 0 Å². The van der Waals surface area contributed by atoms with Crippen molar-refractivity contribution in [2.75, 3.05) is 0 Å². The van der Waals surface area contributed by atoms with Crippen LogP contribution in [-0.4, -0.2) is 4.98 Å². The molecule has 8 aromatic rings. The van der Waals surface area contributed by atoms with Gasteiger partial charge in [0.05, 0.1) is 11.1 Å². The highest BCUT2D eigenvalue weighted by Gasteiger charge is 2.51. The van der Waals surface area contributed by atoms with Gasteiger partial charge in [0.2, 0.25) is 0 Å². The number of benzene rings is 7. The zero-order chi connectivity index (χ0) is 25.3. The highest BCUT2D eigenvalue weighted by molar-refractivity contribution is 6.36. The average Bonchev–Trinajstić information content (AvgIpc) is 3.48. The van der Waals surface area contributed by atoms with Gasteiger partial charge in [-0.15, -0.1) is 0 Å². The first-order valence-corrected chi connectivity index (χ1v) is 13.7. The molecular formula is C38H21N. The lowest BCUT2D eigenvalue weighted by Crippen LogP contribution is -2.26. The summed E-state index contributed by atoms with van der Waals surface area (Å²) in [7, 11) is 0. The lowest BCUT2D eigenvalue weighted by molar-refractivity contribution is 0.797. The lowest BCUT2D eigenvalue weighted by Gasteiger charge is -2.31. The summed E-state index contributed by atoms with van der Waals surface area (Å²) in [5, 5.41) is 11.0. The van der Waals surface area contributed by atoms with Gasteiger partial charge in [-0.1, -0.05) is 109 Å². The van der Waals surface area contributed by atoms with E-state index in [0.717, 1.165) is 5.69 Å². The molecule has 1 aromatic heterocycles. The number of fused-ring (bicyclic) bond motifs is 8. The first-order valence-electron chi connectivity index (χ1n) is 13.7. The molecule has 0 fully saturated rings. The number of pyridine rings is 1. The van der Waals surface area contributed by atoms with Crippen LogP contribution in [0.5, 0.6) is 0 Å². The maximum atomic E-state index is 4.79. The van der Waals surface area contributed by atoms with Gasteiger partial charge in [0, 0.05) is 11.8 Å². The third kappa shape index (κ3) is 2.13. The topological polar surface area (TPSA) is 12.9 Å². The summed E-state index contributed by atoms with van der Waals surface area (Å²) in [5.41, 5.74) is 10.0. The Morgan fingerprint density at radius 2 is 1.08 bits per heavy atom. The summed E-state index contributed by atoms with van der Waals surface area (Å²) in [6.07, 6.45) is 1.90. The lowest BCUT2D eigenvalue weighted by atomic mass is 9.70. The summed E-state index contributed by atoms with van der Waals surface area (Å²) in [6.45, 7) is 0. The molecule has 0 aliphatic heterocycles. The molecule has 2 aliphatic carbocycles. The van der Waals surface area contributed by atoms with Gasteiger partial charge in [-0.2, -0.15) is 0 Å². The zero-order valence-corrected chi connectivity index (χ0v) is 21.1.